The van der Waals surface area contributed by atoms with Crippen molar-refractivity contribution in [1.82, 2.24) is 15.0 Å². The van der Waals surface area contributed by atoms with Gasteiger partial charge in [0.15, 0.2) is 5.76 Å². The van der Waals surface area contributed by atoms with E-state index in [-0.39, 0.29) is 0 Å². The third-order valence-electron chi connectivity index (χ3n) is 4.51. The molecule has 1 aromatic carbocycles. The largest absolute Gasteiger partial charge is 0.491 e. The van der Waals surface area contributed by atoms with Gasteiger partial charge in [-0.1, -0.05) is 23.4 Å². The van der Waals surface area contributed by atoms with Crippen molar-refractivity contribution in [2.45, 2.75) is 26.5 Å². The number of para-hydroxylation sites is 1. The Balaban J connectivity index is 1.37. The number of ether oxygens (including phenoxy) is 1. The van der Waals surface area contributed by atoms with Crippen LogP contribution in [-0.4, -0.2) is 65.5 Å². The lowest BCUT2D eigenvalue weighted by atomic mass is 10.2. The first-order chi connectivity index (χ1) is 12.1. The predicted molar refractivity (Wildman–Crippen MR) is 95.6 cm³/mol. The molecule has 1 aliphatic rings. The van der Waals surface area contributed by atoms with Crippen LogP contribution < -0.4 is 4.74 Å². The maximum atomic E-state index is 10.3. The number of β-amino-alcohol motifs (C(OH)–C–C–N with tert-alkyl or cyclic N) is 1. The first kappa shape index (κ1) is 17.9. The first-order valence-corrected chi connectivity index (χ1v) is 8.83. The fraction of sp³-hybridized carbons (Fsp3) is 0.526. The molecular formula is C19H27N3O3. The van der Waals surface area contributed by atoms with Gasteiger partial charge in [-0.15, -0.1) is 0 Å². The Morgan fingerprint density at radius 3 is 2.56 bits per heavy atom. The highest BCUT2D eigenvalue weighted by atomic mass is 16.5. The fourth-order valence-corrected chi connectivity index (χ4v) is 3.10. The molecule has 1 unspecified atom stereocenters. The van der Waals surface area contributed by atoms with Gasteiger partial charge in [-0.3, -0.25) is 9.80 Å². The van der Waals surface area contributed by atoms with Gasteiger partial charge in [0.2, 0.25) is 0 Å². The highest BCUT2D eigenvalue weighted by Gasteiger charge is 2.20. The lowest BCUT2D eigenvalue weighted by Crippen LogP contribution is -2.48. The second-order valence-electron chi connectivity index (χ2n) is 6.74. The molecular weight excluding hydrogens is 318 g/mol. The number of hydrogen-bond acceptors (Lipinski definition) is 6. The van der Waals surface area contributed by atoms with Gasteiger partial charge in [-0.25, -0.2) is 0 Å². The standard InChI is InChI=1S/C19H27N3O3/c1-15-5-3-4-6-19(15)24-14-17(23)12-21-7-9-22(10-8-21)13-18-11-16(2)20-25-18/h3-6,11,17,23H,7-10,12-14H2,1-2H3. The molecule has 1 N–H and O–H groups in total. The third-order valence-corrected chi connectivity index (χ3v) is 4.51. The number of nitrogens with zero attached hydrogens (tertiary/aromatic N) is 3. The van der Waals surface area contributed by atoms with E-state index in [1.165, 1.54) is 0 Å². The molecule has 3 rings (SSSR count). The van der Waals surface area contributed by atoms with Crippen LogP contribution in [-0.2, 0) is 6.54 Å². The molecule has 1 aromatic heterocycles. The first-order valence-electron chi connectivity index (χ1n) is 8.83. The smallest absolute Gasteiger partial charge is 0.150 e. The van der Waals surface area contributed by atoms with Crippen molar-refractivity contribution in [2.24, 2.45) is 0 Å². The predicted octanol–water partition coefficient (Wildman–Crippen LogP) is 1.85. The second-order valence-corrected chi connectivity index (χ2v) is 6.74. The van der Waals surface area contributed by atoms with Gasteiger partial charge >= 0.3 is 0 Å². The van der Waals surface area contributed by atoms with Crippen molar-refractivity contribution in [3.63, 3.8) is 0 Å². The maximum Gasteiger partial charge on any atom is 0.150 e. The molecule has 0 bridgehead atoms. The number of aryl methyl sites for hydroxylation is 2. The molecule has 6 nitrogen and oxygen atoms in total. The molecule has 6 heteroatoms. The summed E-state index contributed by atoms with van der Waals surface area (Å²) in [6.45, 7) is 9.51. The SMILES string of the molecule is Cc1cc(CN2CCN(CC(O)COc3ccccc3C)CC2)on1. The van der Waals surface area contributed by atoms with Crippen LogP contribution in [0.1, 0.15) is 17.0 Å². The lowest BCUT2D eigenvalue weighted by molar-refractivity contribution is 0.0428. The van der Waals surface area contributed by atoms with E-state index >= 15 is 0 Å². The summed E-state index contributed by atoms with van der Waals surface area (Å²) in [5, 5.41) is 14.2. The minimum Gasteiger partial charge on any atom is -0.491 e. The van der Waals surface area contributed by atoms with Crippen LogP contribution in [0.25, 0.3) is 0 Å². The van der Waals surface area contributed by atoms with Gasteiger partial charge in [0, 0.05) is 38.8 Å². The Bertz CT molecular complexity index is 665. The van der Waals surface area contributed by atoms with E-state index in [0.717, 1.165) is 55.5 Å². The monoisotopic (exact) mass is 345 g/mol. The topological polar surface area (TPSA) is 62.0 Å². The van der Waals surface area contributed by atoms with E-state index in [1.807, 2.05) is 44.2 Å². The normalized spacial score (nSPS) is 17.6. The number of aliphatic hydroxyl groups excluding tert-OH is 1. The average molecular weight is 345 g/mol. The highest BCUT2D eigenvalue weighted by molar-refractivity contribution is 5.31. The zero-order chi connectivity index (χ0) is 17.6. The minimum absolute atomic E-state index is 0.322. The average Bonchev–Trinajstić information content (AvgIpc) is 3.01. The summed E-state index contributed by atoms with van der Waals surface area (Å²) in [7, 11) is 0. The molecule has 136 valence electrons. The van der Waals surface area contributed by atoms with E-state index in [9.17, 15) is 5.11 Å². The zero-order valence-corrected chi connectivity index (χ0v) is 15.0. The molecule has 1 saturated heterocycles. The van der Waals surface area contributed by atoms with E-state index in [4.69, 9.17) is 9.26 Å². The molecule has 2 heterocycles. The Morgan fingerprint density at radius 2 is 1.88 bits per heavy atom. The molecule has 25 heavy (non-hydrogen) atoms. The minimum atomic E-state index is -0.483. The van der Waals surface area contributed by atoms with Crippen LogP contribution in [0.3, 0.4) is 0 Å². The van der Waals surface area contributed by atoms with E-state index in [0.29, 0.717) is 13.2 Å². The van der Waals surface area contributed by atoms with E-state index in [1.54, 1.807) is 0 Å². The highest BCUT2D eigenvalue weighted by Crippen LogP contribution is 2.16. The van der Waals surface area contributed by atoms with Gasteiger partial charge in [-0.2, -0.15) is 0 Å². The molecule has 0 aliphatic carbocycles. The number of rotatable bonds is 7. The Morgan fingerprint density at radius 1 is 1.16 bits per heavy atom. The summed E-state index contributed by atoms with van der Waals surface area (Å²) >= 11 is 0. The van der Waals surface area contributed by atoms with Gasteiger partial charge in [0.25, 0.3) is 0 Å². The second kappa shape index (κ2) is 8.47. The van der Waals surface area contributed by atoms with Crippen LogP contribution in [0.5, 0.6) is 5.75 Å². The zero-order valence-electron chi connectivity index (χ0n) is 15.0. The molecule has 0 saturated carbocycles. The molecule has 0 spiro atoms. The van der Waals surface area contributed by atoms with Crippen LogP contribution in [0.4, 0.5) is 0 Å². The molecule has 1 aliphatic heterocycles. The quantitative estimate of drug-likeness (QED) is 0.826. The van der Waals surface area contributed by atoms with Gasteiger partial charge < -0.3 is 14.4 Å². The Labute approximate surface area is 149 Å². The van der Waals surface area contributed by atoms with Crippen molar-refractivity contribution in [1.29, 1.82) is 0 Å². The summed E-state index contributed by atoms with van der Waals surface area (Å²) in [6.07, 6.45) is -0.483. The van der Waals surface area contributed by atoms with Crippen molar-refractivity contribution in [3.05, 3.63) is 47.3 Å². The van der Waals surface area contributed by atoms with Crippen molar-refractivity contribution < 1.29 is 14.4 Å². The summed E-state index contributed by atoms with van der Waals surface area (Å²) in [5.41, 5.74) is 2.01. The third kappa shape index (κ3) is 5.29. The van der Waals surface area contributed by atoms with Crippen molar-refractivity contribution in [2.75, 3.05) is 39.3 Å². The maximum absolute atomic E-state index is 10.3. The van der Waals surface area contributed by atoms with Crippen LogP contribution in [0, 0.1) is 13.8 Å². The summed E-state index contributed by atoms with van der Waals surface area (Å²) < 4.78 is 11.0. The Hall–Kier alpha value is -1.89. The van der Waals surface area contributed by atoms with E-state index < -0.39 is 6.10 Å². The van der Waals surface area contributed by atoms with Crippen LogP contribution >= 0.6 is 0 Å². The van der Waals surface area contributed by atoms with Gasteiger partial charge in [-0.05, 0) is 25.5 Å². The summed E-state index contributed by atoms with van der Waals surface area (Å²) in [5.74, 6) is 1.76. The summed E-state index contributed by atoms with van der Waals surface area (Å²) in [4.78, 5) is 4.64. The van der Waals surface area contributed by atoms with Crippen molar-refractivity contribution >= 4 is 0 Å². The van der Waals surface area contributed by atoms with Gasteiger partial charge in [0.05, 0.1) is 12.2 Å². The molecule has 1 fully saturated rings. The molecule has 0 radical (unpaired) electrons. The van der Waals surface area contributed by atoms with Crippen molar-refractivity contribution in [3.8, 4) is 5.75 Å². The summed E-state index contributed by atoms with van der Waals surface area (Å²) in [6, 6.07) is 9.87. The van der Waals surface area contributed by atoms with Crippen LogP contribution in [0.15, 0.2) is 34.9 Å². The van der Waals surface area contributed by atoms with E-state index in [2.05, 4.69) is 15.0 Å². The number of aliphatic hydroxyl groups is 1. The molecule has 2 aromatic rings. The van der Waals surface area contributed by atoms with Crippen LogP contribution in [0.2, 0.25) is 0 Å². The van der Waals surface area contributed by atoms with Gasteiger partial charge in [0.1, 0.15) is 18.5 Å². The fourth-order valence-electron chi connectivity index (χ4n) is 3.10. The molecule has 0 amide bonds. The number of aromatic nitrogens is 1. The number of benzene rings is 1. The Kier molecular flexibility index (Phi) is 6.07. The molecule has 1 atom stereocenters. The lowest BCUT2D eigenvalue weighted by Gasteiger charge is -2.35. The number of piperazine rings is 1. The number of hydrogen-bond donors (Lipinski definition) is 1.